The Labute approximate surface area is 123 Å². The van der Waals surface area contributed by atoms with E-state index in [1.54, 1.807) is 6.07 Å². The first kappa shape index (κ1) is 15.0. The molecule has 2 N–H and O–H groups in total. The molecule has 0 aliphatic rings. The SMILES string of the molecule is CCCNc1nc(NCc2ccon2)nc(OCCC)n1. The van der Waals surface area contributed by atoms with Crippen molar-refractivity contribution in [2.75, 3.05) is 23.8 Å². The molecule has 0 saturated heterocycles. The molecule has 0 spiro atoms. The lowest BCUT2D eigenvalue weighted by molar-refractivity contribution is 0.292. The highest BCUT2D eigenvalue weighted by molar-refractivity contribution is 5.36. The standard InChI is InChI=1S/C13H20N6O2/c1-3-6-14-11-16-12(15-9-10-5-8-21-19-10)18-13(17-11)20-7-4-2/h5,8H,3-4,6-7,9H2,1-2H3,(H2,14,15,16,17,18). The average molecular weight is 292 g/mol. The van der Waals surface area contributed by atoms with Gasteiger partial charge in [-0.15, -0.1) is 0 Å². The zero-order chi connectivity index (χ0) is 14.9. The predicted octanol–water partition coefficient (Wildman–Crippen LogP) is 2.08. The van der Waals surface area contributed by atoms with Gasteiger partial charge >= 0.3 is 6.01 Å². The zero-order valence-corrected chi connectivity index (χ0v) is 12.3. The minimum atomic E-state index is 0.313. The van der Waals surface area contributed by atoms with Crippen LogP contribution < -0.4 is 15.4 Å². The van der Waals surface area contributed by atoms with E-state index < -0.39 is 0 Å². The first-order valence-electron chi connectivity index (χ1n) is 7.07. The summed E-state index contributed by atoms with van der Waals surface area (Å²) in [6, 6.07) is 2.09. The van der Waals surface area contributed by atoms with E-state index in [0.29, 0.717) is 31.1 Å². The Kier molecular flexibility index (Phi) is 5.74. The van der Waals surface area contributed by atoms with Crippen molar-refractivity contribution in [1.29, 1.82) is 0 Å². The van der Waals surface area contributed by atoms with E-state index in [0.717, 1.165) is 25.1 Å². The fourth-order valence-electron chi connectivity index (χ4n) is 1.51. The van der Waals surface area contributed by atoms with Gasteiger partial charge < -0.3 is 19.9 Å². The van der Waals surface area contributed by atoms with Gasteiger partial charge in [-0.2, -0.15) is 15.0 Å². The number of aromatic nitrogens is 4. The van der Waals surface area contributed by atoms with Crippen LogP contribution in [-0.2, 0) is 6.54 Å². The Balaban J connectivity index is 2.05. The maximum atomic E-state index is 5.48. The van der Waals surface area contributed by atoms with Gasteiger partial charge in [-0.1, -0.05) is 19.0 Å². The molecule has 114 valence electrons. The average Bonchev–Trinajstić information content (AvgIpc) is 3.02. The lowest BCUT2D eigenvalue weighted by Crippen LogP contribution is -2.11. The van der Waals surface area contributed by atoms with Crippen molar-refractivity contribution < 1.29 is 9.26 Å². The second-order valence-corrected chi connectivity index (χ2v) is 4.38. The van der Waals surface area contributed by atoms with Crippen LogP contribution in [0.1, 0.15) is 32.4 Å². The molecule has 0 unspecified atom stereocenters. The molecule has 0 aliphatic heterocycles. The highest BCUT2D eigenvalue weighted by atomic mass is 16.5. The molecule has 8 heteroatoms. The Morgan fingerprint density at radius 3 is 2.57 bits per heavy atom. The van der Waals surface area contributed by atoms with Crippen LogP contribution in [0.3, 0.4) is 0 Å². The van der Waals surface area contributed by atoms with Crippen molar-refractivity contribution in [3.63, 3.8) is 0 Å². The summed E-state index contributed by atoms with van der Waals surface area (Å²) in [5.41, 5.74) is 0.773. The molecule has 0 aromatic carbocycles. The molecule has 8 nitrogen and oxygen atoms in total. The summed E-state index contributed by atoms with van der Waals surface area (Å²) in [6.07, 6.45) is 3.40. The summed E-state index contributed by atoms with van der Waals surface area (Å²) in [7, 11) is 0. The van der Waals surface area contributed by atoms with E-state index >= 15 is 0 Å². The zero-order valence-electron chi connectivity index (χ0n) is 12.3. The molecule has 0 saturated carbocycles. The minimum absolute atomic E-state index is 0.313. The fraction of sp³-hybridized carbons (Fsp3) is 0.538. The van der Waals surface area contributed by atoms with Crippen molar-refractivity contribution >= 4 is 11.9 Å². The first-order valence-corrected chi connectivity index (χ1v) is 7.07. The van der Waals surface area contributed by atoms with Gasteiger partial charge in [0.15, 0.2) is 0 Å². The smallest absolute Gasteiger partial charge is 0.323 e. The van der Waals surface area contributed by atoms with Gasteiger partial charge in [0.2, 0.25) is 11.9 Å². The summed E-state index contributed by atoms with van der Waals surface area (Å²) in [4.78, 5) is 12.7. The third kappa shape index (κ3) is 4.90. The lowest BCUT2D eigenvalue weighted by Gasteiger charge is -2.09. The van der Waals surface area contributed by atoms with Crippen LogP contribution in [0.25, 0.3) is 0 Å². The largest absolute Gasteiger partial charge is 0.463 e. The summed E-state index contributed by atoms with van der Waals surface area (Å²) < 4.78 is 10.3. The summed E-state index contributed by atoms with van der Waals surface area (Å²) in [5.74, 6) is 0.943. The normalized spacial score (nSPS) is 10.4. The van der Waals surface area contributed by atoms with Crippen LogP contribution in [-0.4, -0.2) is 33.3 Å². The van der Waals surface area contributed by atoms with E-state index in [9.17, 15) is 0 Å². The van der Waals surface area contributed by atoms with E-state index in [-0.39, 0.29) is 0 Å². The van der Waals surface area contributed by atoms with Crippen LogP contribution in [0.2, 0.25) is 0 Å². The third-order valence-electron chi connectivity index (χ3n) is 2.50. The van der Waals surface area contributed by atoms with Gasteiger partial charge in [-0.25, -0.2) is 0 Å². The number of nitrogens with zero attached hydrogens (tertiary/aromatic N) is 4. The molecule has 2 aromatic heterocycles. The summed E-state index contributed by atoms with van der Waals surface area (Å²) >= 11 is 0. The van der Waals surface area contributed by atoms with Gasteiger partial charge in [0, 0.05) is 12.6 Å². The quantitative estimate of drug-likeness (QED) is 0.725. The van der Waals surface area contributed by atoms with Gasteiger partial charge in [0.05, 0.1) is 13.2 Å². The molecule has 0 atom stereocenters. The Morgan fingerprint density at radius 1 is 1.10 bits per heavy atom. The Hall–Kier alpha value is -2.38. The second kappa shape index (κ2) is 8.03. The van der Waals surface area contributed by atoms with Crippen molar-refractivity contribution in [3.8, 4) is 6.01 Å². The molecule has 0 bridgehead atoms. The van der Waals surface area contributed by atoms with Crippen LogP contribution in [0, 0.1) is 0 Å². The van der Waals surface area contributed by atoms with Gasteiger partial charge in [0.25, 0.3) is 0 Å². The fourth-order valence-corrected chi connectivity index (χ4v) is 1.51. The molecule has 2 aromatic rings. The summed E-state index contributed by atoms with van der Waals surface area (Å²) in [6.45, 7) is 5.94. The highest BCUT2D eigenvalue weighted by Gasteiger charge is 2.07. The monoisotopic (exact) mass is 292 g/mol. The van der Waals surface area contributed by atoms with Gasteiger partial charge in [-0.05, 0) is 12.8 Å². The van der Waals surface area contributed by atoms with Crippen molar-refractivity contribution in [1.82, 2.24) is 20.1 Å². The predicted molar refractivity (Wildman–Crippen MR) is 78.2 cm³/mol. The Morgan fingerprint density at radius 2 is 1.90 bits per heavy atom. The second-order valence-electron chi connectivity index (χ2n) is 4.38. The molecule has 0 amide bonds. The van der Waals surface area contributed by atoms with E-state index in [4.69, 9.17) is 9.26 Å². The summed E-state index contributed by atoms with van der Waals surface area (Å²) in [5, 5.41) is 10.0. The number of rotatable bonds is 9. The molecule has 21 heavy (non-hydrogen) atoms. The minimum Gasteiger partial charge on any atom is -0.463 e. The van der Waals surface area contributed by atoms with Crippen LogP contribution in [0.4, 0.5) is 11.9 Å². The lowest BCUT2D eigenvalue weighted by atomic mass is 10.4. The van der Waals surface area contributed by atoms with Crippen molar-refractivity contribution in [3.05, 3.63) is 18.0 Å². The number of hydrogen-bond acceptors (Lipinski definition) is 8. The molecule has 0 aliphatic carbocycles. The maximum absolute atomic E-state index is 5.48. The number of anilines is 2. The van der Waals surface area contributed by atoms with Crippen LogP contribution >= 0.6 is 0 Å². The van der Waals surface area contributed by atoms with Gasteiger partial charge in [0.1, 0.15) is 12.0 Å². The van der Waals surface area contributed by atoms with Crippen LogP contribution in [0.5, 0.6) is 6.01 Å². The van der Waals surface area contributed by atoms with E-state index in [2.05, 4.69) is 37.7 Å². The number of hydrogen-bond donors (Lipinski definition) is 2. The van der Waals surface area contributed by atoms with Crippen molar-refractivity contribution in [2.45, 2.75) is 33.2 Å². The third-order valence-corrected chi connectivity index (χ3v) is 2.50. The molecule has 2 heterocycles. The first-order chi connectivity index (χ1) is 10.3. The number of ether oxygens (including phenoxy) is 1. The van der Waals surface area contributed by atoms with E-state index in [1.807, 2.05) is 6.92 Å². The number of nitrogens with one attached hydrogen (secondary N) is 2. The van der Waals surface area contributed by atoms with E-state index in [1.165, 1.54) is 6.26 Å². The Bertz CT molecular complexity index is 505. The molecule has 0 fully saturated rings. The molecular weight excluding hydrogens is 272 g/mol. The molecule has 0 radical (unpaired) electrons. The molecule has 2 rings (SSSR count). The molecular formula is C13H20N6O2. The maximum Gasteiger partial charge on any atom is 0.323 e. The highest BCUT2D eigenvalue weighted by Crippen LogP contribution is 2.12. The topological polar surface area (TPSA) is 98.0 Å². The van der Waals surface area contributed by atoms with Gasteiger partial charge in [-0.3, -0.25) is 0 Å². The van der Waals surface area contributed by atoms with Crippen LogP contribution in [0.15, 0.2) is 16.9 Å². The van der Waals surface area contributed by atoms with Crippen molar-refractivity contribution in [2.24, 2.45) is 0 Å².